The molecule has 0 aliphatic carbocycles. The van der Waals surface area contributed by atoms with Crippen LogP contribution in [0.2, 0.25) is 5.02 Å². The van der Waals surface area contributed by atoms with E-state index in [1.165, 1.54) is 29.5 Å². The number of phenolic OH excluding ortho intramolecular Hbond substituents is 1. The predicted octanol–water partition coefficient (Wildman–Crippen LogP) is 2.84. The number of halogens is 1. The van der Waals surface area contributed by atoms with E-state index in [4.69, 9.17) is 21.6 Å². The number of esters is 1. The van der Waals surface area contributed by atoms with Gasteiger partial charge in [0.25, 0.3) is 0 Å². The van der Waals surface area contributed by atoms with Crippen molar-refractivity contribution in [3.63, 3.8) is 0 Å². The number of phenols is 1. The van der Waals surface area contributed by atoms with Crippen LogP contribution in [-0.2, 0) is 9.53 Å². The zero-order valence-electron chi connectivity index (χ0n) is 11.9. The second kappa shape index (κ2) is 7.22. The highest BCUT2D eigenvalue weighted by molar-refractivity contribution is 7.09. The van der Waals surface area contributed by atoms with Gasteiger partial charge in [-0.2, -0.15) is 5.26 Å². The molecule has 1 heterocycles. The van der Waals surface area contributed by atoms with Gasteiger partial charge in [0.15, 0.2) is 18.3 Å². The Morgan fingerprint density at radius 2 is 2.26 bits per heavy atom. The Hall–Kier alpha value is -2.43. The molecule has 0 saturated heterocycles. The Morgan fingerprint density at radius 3 is 2.83 bits per heavy atom. The number of aromatic hydroxyl groups is 1. The lowest BCUT2D eigenvalue weighted by atomic mass is 10.1. The number of aryl methyl sites for hydroxylation is 1. The van der Waals surface area contributed by atoms with Crippen molar-refractivity contribution in [3.8, 4) is 11.8 Å². The Balaban J connectivity index is 2.03. The first-order valence-corrected chi connectivity index (χ1v) is 7.68. The van der Waals surface area contributed by atoms with E-state index in [-0.39, 0.29) is 16.3 Å². The highest BCUT2D eigenvalue weighted by Crippen LogP contribution is 2.23. The van der Waals surface area contributed by atoms with E-state index >= 15 is 0 Å². The average Bonchev–Trinajstić information content (AvgIpc) is 2.92. The summed E-state index contributed by atoms with van der Waals surface area (Å²) in [7, 11) is 0. The third-order valence-corrected chi connectivity index (χ3v) is 4.12. The lowest BCUT2D eigenvalue weighted by molar-refractivity contribution is -0.122. The minimum Gasteiger partial charge on any atom is -0.507 e. The van der Waals surface area contributed by atoms with Crippen LogP contribution < -0.4 is 0 Å². The smallest absolute Gasteiger partial charge is 0.342 e. The zero-order chi connectivity index (χ0) is 17.0. The van der Waals surface area contributed by atoms with Crippen LogP contribution in [-0.4, -0.2) is 28.4 Å². The van der Waals surface area contributed by atoms with Gasteiger partial charge in [0, 0.05) is 16.1 Å². The fourth-order valence-corrected chi connectivity index (χ4v) is 2.77. The predicted molar refractivity (Wildman–Crippen MR) is 83.6 cm³/mol. The molecule has 23 heavy (non-hydrogen) atoms. The number of ketones is 1. The van der Waals surface area contributed by atoms with Gasteiger partial charge in [0.1, 0.15) is 16.3 Å². The van der Waals surface area contributed by atoms with Gasteiger partial charge >= 0.3 is 5.97 Å². The van der Waals surface area contributed by atoms with Gasteiger partial charge in [-0.3, -0.25) is 4.79 Å². The summed E-state index contributed by atoms with van der Waals surface area (Å²) in [5.41, 5.74) is 0.599. The molecule has 0 unspecified atom stereocenters. The van der Waals surface area contributed by atoms with Gasteiger partial charge in [0.05, 0.1) is 6.07 Å². The maximum Gasteiger partial charge on any atom is 0.342 e. The zero-order valence-corrected chi connectivity index (χ0v) is 13.5. The maximum absolute atomic E-state index is 12.0. The lowest BCUT2D eigenvalue weighted by Gasteiger charge is -2.08. The Kier molecular flexibility index (Phi) is 5.32. The molecule has 1 aromatic heterocycles. The number of hydrogen-bond acceptors (Lipinski definition) is 7. The Bertz CT molecular complexity index is 797. The Labute approximate surface area is 140 Å². The summed E-state index contributed by atoms with van der Waals surface area (Å²) in [6.07, 6.45) is 0. The van der Waals surface area contributed by atoms with Gasteiger partial charge < -0.3 is 9.84 Å². The number of aromatic nitrogens is 1. The summed E-state index contributed by atoms with van der Waals surface area (Å²) in [6.45, 7) is 1.17. The highest BCUT2D eigenvalue weighted by atomic mass is 35.5. The van der Waals surface area contributed by atoms with Crippen molar-refractivity contribution in [2.75, 3.05) is 6.61 Å². The molecule has 0 spiro atoms. The number of nitriles is 1. The van der Waals surface area contributed by atoms with Crippen molar-refractivity contribution in [1.29, 1.82) is 5.26 Å². The molecular formula is C15H11ClN2O4S. The van der Waals surface area contributed by atoms with Crippen LogP contribution in [0.15, 0.2) is 23.6 Å². The molecule has 118 valence electrons. The molecule has 2 aromatic rings. The van der Waals surface area contributed by atoms with E-state index in [1.54, 1.807) is 12.3 Å². The van der Waals surface area contributed by atoms with E-state index in [2.05, 4.69) is 4.98 Å². The molecule has 0 amide bonds. The number of rotatable bonds is 5. The topological polar surface area (TPSA) is 100 Å². The standard InChI is InChI=1S/C15H11ClN2O4S/c1-8-7-23-14(18-8)11(5-17)13(20)6-22-15(21)10-3-2-9(16)4-12(10)19/h2-4,7,11,19H,6H2,1H3/t11-/m0/s1. The molecule has 0 saturated carbocycles. The summed E-state index contributed by atoms with van der Waals surface area (Å²) >= 11 is 6.87. The second-order valence-corrected chi connectivity index (χ2v) is 5.92. The van der Waals surface area contributed by atoms with Gasteiger partial charge in [-0.25, -0.2) is 9.78 Å². The summed E-state index contributed by atoms with van der Waals surface area (Å²) in [5.74, 6) is -2.88. The van der Waals surface area contributed by atoms with Gasteiger partial charge in [-0.15, -0.1) is 11.3 Å². The van der Waals surface area contributed by atoms with Crippen molar-refractivity contribution in [2.24, 2.45) is 0 Å². The molecule has 2 rings (SSSR count). The van der Waals surface area contributed by atoms with Gasteiger partial charge in [-0.1, -0.05) is 11.6 Å². The van der Waals surface area contributed by atoms with Crippen LogP contribution in [0.1, 0.15) is 27.0 Å². The first-order valence-electron chi connectivity index (χ1n) is 6.42. The number of carbonyl (C=O) groups excluding carboxylic acids is 2. The number of hydrogen-bond donors (Lipinski definition) is 1. The number of nitrogens with zero attached hydrogens (tertiary/aromatic N) is 2. The molecule has 0 radical (unpaired) electrons. The van der Waals surface area contributed by atoms with Crippen LogP contribution >= 0.6 is 22.9 Å². The van der Waals surface area contributed by atoms with Crippen LogP contribution in [0.3, 0.4) is 0 Å². The fourth-order valence-electron chi connectivity index (χ4n) is 1.74. The third-order valence-electron chi connectivity index (χ3n) is 2.86. The van der Waals surface area contributed by atoms with Crippen molar-refractivity contribution < 1.29 is 19.4 Å². The monoisotopic (exact) mass is 350 g/mol. The number of benzene rings is 1. The fraction of sp³-hybridized carbons (Fsp3) is 0.200. The minimum absolute atomic E-state index is 0.110. The van der Waals surface area contributed by atoms with Crippen molar-refractivity contribution in [2.45, 2.75) is 12.8 Å². The van der Waals surface area contributed by atoms with Crippen LogP contribution in [0.4, 0.5) is 0 Å². The molecule has 0 bridgehead atoms. The highest BCUT2D eigenvalue weighted by Gasteiger charge is 2.25. The second-order valence-electron chi connectivity index (χ2n) is 4.59. The first-order chi connectivity index (χ1) is 10.9. The van der Waals surface area contributed by atoms with E-state index in [9.17, 15) is 14.7 Å². The molecule has 1 aromatic carbocycles. The number of thiazole rings is 1. The largest absolute Gasteiger partial charge is 0.507 e. The van der Waals surface area contributed by atoms with E-state index in [0.717, 1.165) is 0 Å². The van der Waals surface area contributed by atoms with Crippen molar-refractivity contribution in [1.82, 2.24) is 4.98 Å². The Morgan fingerprint density at radius 1 is 1.52 bits per heavy atom. The number of carbonyl (C=O) groups is 2. The number of Topliss-reactive ketones (excluding diaryl/α,β-unsaturated/α-hetero) is 1. The summed E-state index contributed by atoms with van der Waals surface area (Å²) in [5, 5.41) is 21.1. The molecular weight excluding hydrogens is 340 g/mol. The first kappa shape index (κ1) is 16.9. The third kappa shape index (κ3) is 4.06. The van der Waals surface area contributed by atoms with Crippen LogP contribution in [0, 0.1) is 18.3 Å². The quantitative estimate of drug-likeness (QED) is 0.832. The normalized spacial score (nSPS) is 11.5. The van der Waals surface area contributed by atoms with Gasteiger partial charge in [0.2, 0.25) is 0 Å². The van der Waals surface area contributed by atoms with Crippen LogP contribution in [0.5, 0.6) is 5.75 Å². The molecule has 1 atom stereocenters. The SMILES string of the molecule is Cc1csc([C@@H](C#N)C(=O)COC(=O)c2ccc(Cl)cc2O)n1. The molecule has 1 N–H and O–H groups in total. The molecule has 0 aliphatic heterocycles. The minimum atomic E-state index is -1.08. The lowest BCUT2D eigenvalue weighted by Crippen LogP contribution is -2.20. The molecule has 8 heteroatoms. The van der Waals surface area contributed by atoms with Crippen molar-refractivity contribution >= 4 is 34.7 Å². The number of ether oxygens (including phenoxy) is 1. The maximum atomic E-state index is 12.0. The van der Waals surface area contributed by atoms with Gasteiger partial charge in [-0.05, 0) is 25.1 Å². The van der Waals surface area contributed by atoms with E-state index < -0.39 is 24.3 Å². The molecule has 0 fully saturated rings. The van der Waals surface area contributed by atoms with E-state index in [1.807, 2.05) is 6.07 Å². The summed E-state index contributed by atoms with van der Waals surface area (Å²) < 4.78 is 4.86. The average molecular weight is 351 g/mol. The van der Waals surface area contributed by atoms with Crippen LogP contribution in [0.25, 0.3) is 0 Å². The summed E-state index contributed by atoms with van der Waals surface area (Å²) in [6, 6.07) is 5.75. The van der Waals surface area contributed by atoms with E-state index in [0.29, 0.717) is 10.7 Å². The molecule has 6 nitrogen and oxygen atoms in total. The summed E-state index contributed by atoms with van der Waals surface area (Å²) in [4.78, 5) is 28.0. The molecule has 0 aliphatic rings. The van der Waals surface area contributed by atoms with Crippen molar-refractivity contribution in [3.05, 3.63) is 44.9 Å².